The maximum atomic E-state index is 4.46. The Kier molecular flexibility index (Phi) is 4.10. The van der Waals surface area contributed by atoms with Crippen molar-refractivity contribution in [3.63, 3.8) is 0 Å². The second-order valence-corrected chi connectivity index (χ2v) is 5.78. The number of aryl methyl sites for hydroxylation is 1. The minimum Gasteiger partial charge on any atom is -0.295 e. The first kappa shape index (κ1) is 12.1. The lowest BCUT2D eigenvalue weighted by molar-refractivity contribution is 0.171. The summed E-state index contributed by atoms with van der Waals surface area (Å²) in [5, 5.41) is 4.25. The lowest BCUT2D eigenvalue weighted by Crippen LogP contribution is -2.42. The second kappa shape index (κ2) is 4.73. The molecule has 0 radical (unpaired) electrons. The maximum absolute atomic E-state index is 4.46. The predicted molar refractivity (Wildman–Crippen MR) is 66.2 cm³/mol. The van der Waals surface area contributed by atoms with Crippen LogP contribution in [0.4, 0.5) is 0 Å². The van der Waals surface area contributed by atoms with Crippen LogP contribution in [0, 0.1) is 6.92 Å². The molecule has 0 aliphatic rings. The lowest BCUT2D eigenvalue weighted by atomic mass is 10.1. The zero-order valence-electron chi connectivity index (χ0n) is 9.17. The Hall–Kier alpha value is 0.0700. The number of thiazole rings is 1. The Balaban J connectivity index is 2.61. The van der Waals surface area contributed by atoms with Crippen LogP contribution in [0.3, 0.4) is 0 Å². The van der Waals surface area contributed by atoms with Crippen molar-refractivity contribution in [3.05, 3.63) is 16.1 Å². The van der Waals surface area contributed by atoms with Crippen molar-refractivity contribution < 1.29 is 0 Å². The molecule has 0 saturated heterocycles. The molecular formula is C10H17BrN2S. The van der Waals surface area contributed by atoms with Crippen LogP contribution in [0.25, 0.3) is 0 Å². The van der Waals surface area contributed by atoms with Crippen molar-refractivity contribution in [1.82, 2.24) is 9.88 Å². The molecule has 0 aromatic carbocycles. The summed E-state index contributed by atoms with van der Waals surface area (Å²) < 4.78 is 0. The van der Waals surface area contributed by atoms with E-state index in [1.165, 1.54) is 5.69 Å². The van der Waals surface area contributed by atoms with Gasteiger partial charge in [0, 0.05) is 22.8 Å². The van der Waals surface area contributed by atoms with E-state index in [0.717, 1.165) is 16.9 Å². The summed E-state index contributed by atoms with van der Waals surface area (Å²) >= 11 is 5.25. The fourth-order valence-electron chi connectivity index (χ4n) is 1.04. The molecule has 0 fully saturated rings. The van der Waals surface area contributed by atoms with E-state index in [1.807, 2.05) is 6.92 Å². The number of hydrogen-bond donors (Lipinski definition) is 0. The number of hydrogen-bond acceptors (Lipinski definition) is 3. The van der Waals surface area contributed by atoms with E-state index in [-0.39, 0.29) is 5.54 Å². The van der Waals surface area contributed by atoms with Gasteiger partial charge in [0.05, 0.1) is 10.7 Å². The van der Waals surface area contributed by atoms with Gasteiger partial charge in [0.2, 0.25) is 0 Å². The van der Waals surface area contributed by atoms with Crippen molar-refractivity contribution in [2.45, 2.75) is 32.9 Å². The van der Waals surface area contributed by atoms with E-state index in [4.69, 9.17) is 0 Å². The average molecular weight is 277 g/mol. The van der Waals surface area contributed by atoms with Gasteiger partial charge in [-0.1, -0.05) is 15.9 Å². The normalized spacial score (nSPS) is 12.4. The zero-order valence-corrected chi connectivity index (χ0v) is 11.6. The van der Waals surface area contributed by atoms with Crippen LogP contribution in [-0.2, 0) is 6.54 Å². The molecule has 0 aliphatic carbocycles. The summed E-state index contributed by atoms with van der Waals surface area (Å²) in [7, 11) is 2.13. The van der Waals surface area contributed by atoms with Gasteiger partial charge in [-0.25, -0.2) is 4.98 Å². The SMILES string of the molecule is Cc1nc(CN(C)C(C)(C)CBr)cs1. The van der Waals surface area contributed by atoms with Crippen molar-refractivity contribution in [2.75, 3.05) is 12.4 Å². The molecule has 0 bridgehead atoms. The van der Waals surface area contributed by atoms with E-state index < -0.39 is 0 Å². The van der Waals surface area contributed by atoms with Crippen LogP contribution >= 0.6 is 27.3 Å². The molecule has 1 aromatic heterocycles. The molecule has 0 atom stereocenters. The van der Waals surface area contributed by atoms with Gasteiger partial charge >= 0.3 is 0 Å². The van der Waals surface area contributed by atoms with Crippen molar-refractivity contribution in [2.24, 2.45) is 0 Å². The van der Waals surface area contributed by atoms with Crippen LogP contribution in [0.1, 0.15) is 24.5 Å². The third-order valence-corrected chi connectivity index (χ3v) is 4.62. The first-order chi connectivity index (χ1) is 6.45. The predicted octanol–water partition coefficient (Wildman–Crippen LogP) is 3.06. The second-order valence-electron chi connectivity index (χ2n) is 4.16. The highest BCUT2D eigenvalue weighted by molar-refractivity contribution is 9.09. The monoisotopic (exact) mass is 276 g/mol. The van der Waals surface area contributed by atoms with Gasteiger partial charge in [-0.15, -0.1) is 11.3 Å². The highest BCUT2D eigenvalue weighted by Gasteiger charge is 2.22. The Labute approximate surface area is 98.5 Å². The number of alkyl halides is 1. The van der Waals surface area contributed by atoms with Crippen LogP contribution in [0.5, 0.6) is 0 Å². The molecule has 0 N–H and O–H groups in total. The molecule has 1 rings (SSSR count). The summed E-state index contributed by atoms with van der Waals surface area (Å²) in [4.78, 5) is 6.78. The largest absolute Gasteiger partial charge is 0.295 e. The molecule has 0 unspecified atom stereocenters. The minimum atomic E-state index is 0.178. The molecule has 14 heavy (non-hydrogen) atoms. The smallest absolute Gasteiger partial charge is 0.0897 e. The quantitative estimate of drug-likeness (QED) is 0.786. The maximum Gasteiger partial charge on any atom is 0.0897 e. The van der Waals surface area contributed by atoms with Crippen LogP contribution < -0.4 is 0 Å². The molecule has 0 spiro atoms. The Morgan fingerprint density at radius 1 is 1.57 bits per heavy atom. The van der Waals surface area contributed by atoms with E-state index >= 15 is 0 Å². The lowest BCUT2D eigenvalue weighted by Gasteiger charge is -2.33. The Bertz CT molecular complexity index is 296. The molecule has 1 heterocycles. The van der Waals surface area contributed by atoms with Crippen LogP contribution in [0.15, 0.2) is 5.38 Å². The molecule has 1 aromatic rings. The third kappa shape index (κ3) is 3.04. The molecule has 0 saturated carbocycles. The minimum absolute atomic E-state index is 0.178. The summed E-state index contributed by atoms with van der Waals surface area (Å²) in [5.74, 6) is 0. The van der Waals surface area contributed by atoms with E-state index in [2.05, 4.69) is 52.1 Å². The van der Waals surface area contributed by atoms with Gasteiger partial charge in [0.15, 0.2) is 0 Å². The summed E-state index contributed by atoms with van der Waals surface area (Å²) in [5.41, 5.74) is 1.35. The molecule has 0 aliphatic heterocycles. The zero-order chi connectivity index (χ0) is 10.8. The topological polar surface area (TPSA) is 16.1 Å². The third-order valence-electron chi connectivity index (χ3n) is 2.43. The highest BCUT2D eigenvalue weighted by Crippen LogP contribution is 2.18. The standard InChI is InChI=1S/C10H17BrN2S/c1-8-12-9(6-14-8)5-13(4)10(2,3)7-11/h6H,5,7H2,1-4H3. The van der Waals surface area contributed by atoms with Crippen LogP contribution in [0.2, 0.25) is 0 Å². The summed E-state index contributed by atoms with van der Waals surface area (Å²) in [6.45, 7) is 7.41. The van der Waals surface area contributed by atoms with Gasteiger partial charge in [0.1, 0.15) is 0 Å². The number of halogens is 1. The first-order valence-corrected chi connectivity index (χ1v) is 6.64. The summed E-state index contributed by atoms with van der Waals surface area (Å²) in [6, 6.07) is 0. The number of rotatable bonds is 4. The highest BCUT2D eigenvalue weighted by atomic mass is 79.9. The number of nitrogens with zero attached hydrogens (tertiary/aromatic N) is 2. The van der Waals surface area contributed by atoms with Crippen molar-refractivity contribution in [1.29, 1.82) is 0 Å². The van der Waals surface area contributed by atoms with Gasteiger partial charge < -0.3 is 0 Å². The fourth-order valence-corrected chi connectivity index (χ4v) is 2.07. The summed E-state index contributed by atoms with van der Waals surface area (Å²) in [6.07, 6.45) is 0. The van der Waals surface area contributed by atoms with Crippen molar-refractivity contribution >= 4 is 27.3 Å². The molecule has 4 heteroatoms. The van der Waals surface area contributed by atoms with Gasteiger partial charge in [-0.3, -0.25) is 4.90 Å². The molecule has 80 valence electrons. The fraction of sp³-hybridized carbons (Fsp3) is 0.700. The van der Waals surface area contributed by atoms with E-state index in [0.29, 0.717) is 0 Å². The molecule has 0 amide bonds. The van der Waals surface area contributed by atoms with E-state index in [1.54, 1.807) is 11.3 Å². The number of aromatic nitrogens is 1. The van der Waals surface area contributed by atoms with Gasteiger partial charge in [0.25, 0.3) is 0 Å². The van der Waals surface area contributed by atoms with Crippen molar-refractivity contribution in [3.8, 4) is 0 Å². The van der Waals surface area contributed by atoms with E-state index in [9.17, 15) is 0 Å². The van der Waals surface area contributed by atoms with Gasteiger partial charge in [-0.2, -0.15) is 0 Å². The van der Waals surface area contributed by atoms with Gasteiger partial charge in [-0.05, 0) is 27.8 Å². The molecule has 2 nitrogen and oxygen atoms in total. The van der Waals surface area contributed by atoms with Crippen LogP contribution in [-0.4, -0.2) is 27.8 Å². The Morgan fingerprint density at radius 3 is 2.64 bits per heavy atom. The molecular weight excluding hydrogens is 260 g/mol. The average Bonchev–Trinajstić information content (AvgIpc) is 2.51. The Morgan fingerprint density at radius 2 is 2.21 bits per heavy atom. The first-order valence-electron chi connectivity index (χ1n) is 4.64.